The van der Waals surface area contributed by atoms with Crippen LogP contribution < -0.4 is 15.8 Å². The van der Waals surface area contributed by atoms with Gasteiger partial charge in [-0.1, -0.05) is 18.2 Å². The van der Waals surface area contributed by atoms with Gasteiger partial charge in [0.1, 0.15) is 11.6 Å². The molecule has 2 aromatic carbocycles. The Morgan fingerprint density at radius 2 is 1.92 bits per heavy atom. The maximum Gasteiger partial charge on any atom is 0.218 e. The molecule has 0 bridgehead atoms. The maximum absolute atomic E-state index is 11.9. The molecule has 1 atom stereocenters. The van der Waals surface area contributed by atoms with Gasteiger partial charge < -0.3 is 25.5 Å². The third-order valence-electron chi connectivity index (χ3n) is 8.75. The number of nitrogens with zero attached hydrogens (tertiary/aromatic N) is 1. The largest absolute Gasteiger partial charge is 0.490 e. The zero-order valence-corrected chi connectivity index (χ0v) is 23.0. The van der Waals surface area contributed by atoms with Gasteiger partial charge in [-0.15, -0.1) is 11.3 Å². The van der Waals surface area contributed by atoms with E-state index in [2.05, 4.69) is 51.6 Å². The lowest BCUT2D eigenvalue weighted by molar-refractivity contribution is -0.118. The molecule has 204 valence electrons. The molecule has 4 aromatic rings. The van der Waals surface area contributed by atoms with Gasteiger partial charge in [0.05, 0.1) is 19.3 Å². The van der Waals surface area contributed by atoms with Crippen LogP contribution in [0.3, 0.4) is 0 Å². The molecule has 2 aliphatic carbocycles. The first-order chi connectivity index (χ1) is 19.1. The van der Waals surface area contributed by atoms with Crippen molar-refractivity contribution in [3.05, 3.63) is 52.9 Å². The van der Waals surface area contributed by atoms with Gasteiger partial charge in [0.15, 0.2) is 0 Å². The van der Waals surface area contributed by atoms with Crippen LogP contribution in [-0.4, -0.2) is 54.2 Å². The van der Waals surface area contributed by atoms with E-state index >= 15 is 0 Å². The highest BCUT2D eigenvalue weighted by Gasteiger charge is 2.32. The number of primary amides is 1. The zero-order chi connectivity index (χ0) is 26.3. The Morgan fingerprint density at radius 3 is 2.72 bits per heavy atom. The molecule has 3 aliphatic rings. The number of ether oxygens (including phenoxy) is 2. The lowest BCUT2D eigenvalue weighted by Gasteiger charge is -2.38. The van der Waals surface area contributed by atoms with Gasteiger partial charge in [-0.3, -0.25) is 9.69 Å². The number of carbonyl (C=O) groups excluding carboxylic acids is 1. The third-order valence-corrected chi connectivity index (χ3v) is 9.97. The minimum Gasteiger partial charge on any atom is -0.490 e. The van der Waals surface area contributed by atoms with Crippen molar-refractivity contribution in [3.8, 4) is 5.75 Å². The van der Waals surface area contributed by atoms with Crippen LogP contribution in [0.1, 0.15) is 54.9 Å². The number of aryl methyl sites for hydroxylation is 1. The third kappa shape index (κ3) is 5.01. The van der Waals surface area contributed by atoms with Gasteiger partial charge in [-0.25, -0.2) is 0 Å². The Morgan fingerprint density at radius 1 is 1.10 bits per heavy atom. The maximum atomic E-state index is 11.9. The van der Waals surface area contributed by atoms with E-state index in [4.69, 9.17) is 15.2 Å². The van der Waals surface area contributed by atoms with E-state index in [-0.39, 0.29) is 17.9 Å². The number of rotatable bonds is 7. The number of para-hydroxylation sites is 1. The predicted octanol–water partition coefficient (Wildman–Crippen LogP) is 6.05. The lowest BCUT2D eigenvalue weighted by atomic mass is 9.91. The number of hydrogen-bond donors (Lipinski definition) is 3. The Hall–Kier alpha value is -3.07. The second-order valence-electron chi connectivity index (χ2n) is 11.3. The van der Waals surface area contributed by atoms with Crippen molar-refractivity contribution >= 4 is 49.7 Å². The van der Waals surface area contributed by atoms with E-state index in [0.717, 1.165) is 87.6 Å². The smallest absolute Gasteiger partial charge is 0.218 e. The van der Waals surface area contributed by atoms with Crippen molar-refractivity contribution < 1.29 is 14.3 Å². The molecule has 0 unspecified atom stereocenters. The van der Waals surface area contributed by atoms with Crippen molar-refractivity contribution in [1.29, 1.82) is 0 Å². The van der Waals surface area contributed by atoms with Gasteiger partial charge in [-0.05, 0) is 68.2 Å². The molecule has 0 radical (unpaired) electrons. The first-order valence-corrected chi connectivity index (χ1v) is 15.1. The van der Waals surface area contributed by atoms with Gasteiger partial charge in [0.2, 0.25) is 5.91 Å². The molecule has 2 aromatic heterocycles. The van der Waals surface area contributed by atoms with E-state index in [9.17, 15) is 4.79 Å². The number of fused-ring (bicyclic) bond motifs is 4. The summed E-state index contributed by atoms with van der Waals surface area (Å²) in [4.78, 5) is 19.3. The molecular weight excluding hydrogens is 508 g/mol. The summed E-state index contributed by atoms with van der Waals surface area (Å²) in [6.45, 7) is 3.78. The number of aromatic nitrogens is 1. The van der Waals surface area contributed by atoms with E-state index < -0.39 is 0 Å². The van der Waals surface area contributed by atoms with Crippen molar-refractivity contribution in [2.24, 2.45) is 5.73 Å². The number of hydrogen-bond acceptors (Lipinski definition) is 6. The van der Waals surface area contributed by atoms with Crippen LogP contribution in [-0.2, 0) is 16.0 Å². The fourth-order valence-electron chi connectivity index (χ4n) is 6.89. The van der Waals surface area contributed by atoms with Crippen LogP contribution in [0.2, 0.25) is 0 Å². The Kier molecular flexibility index (Phi) is 6.70. The normalized spacial score (nSPS) is 23.7. The molecule has 3 heterocycles. The van der Waals surface area contributed by atoms with Crippen LogP contribution in [0.5, 0.6) is 5.75 Å². The fourth-order valence-corrected chi connectivity index (χ4v) is 8.25. The Labute approximate surface area is 232 Å². The van der Waals surface area contributed by atoms with Gasteiger partial charge in [-0.2, -0.15) is 0 Å². The first-order valence-electron chi connectivity index (χ1n) is 14.3. The first kappa shape index (κ1) is 24.9. The molecule has 8 heteroatoms. The Balaban J connectivity index is 1.19. The predicted molar refractivity (Wildman–Crippen MR) is 157 cm³/mol. The summed E-state index contributed by atoms with van der Waals surface area (Å²) in [5.41, 5.74) is 9.07. The molecule has 7 nitrogen and oxygen atoms in total. The van der Waals surface area contributed by atoms with Crippen molar-refractivity contribution in [3.63, 3.8) is 0 Å². The van der Waals surface area contributed by atoms with E-state index in [1.165, 1.54) is 25.9 Å². The summed E-state index contributed by atoms with van der Waals surface area (Å²) >= 11 is 1.84. The van der Waals surface area contributed by atoms with Gasteiger partial charge in [0.25, 0.3) is 0 Å². The molecule has 4 N–H and O–H groups in total. The van der Waals surface area contributed by atoms with Crippen LogP contribution >= 0.6 is 11.3 Å². The number of aromatic amines is 1. The molecule has 39 heavy (non-hydrogen) atoms. The molecule has 1 aliphatic heterocycles. The minimum atomic E-state index is -0.229. The van der Waals surface area contributed by atoms with Crippen LogP contribution in [0.4, 0.5) is 11.5 Å². The lowest BCUT2D eigenvalue weighted by Crippen LogP contribution is -2.46. The number of thiophene rings is 1. The number of nitrogens with one attached hydrogen (secondary N) is 2. The molecule has 2 fully saturated rings. The zero-order valence-electron chi connectivity index (χ0n) is 22.2. The fraction of sp³-hybridized carbons (Fsp3) is 0.452. The SMILES string of the molecule is NC(=O)C[C@H]1CCc2sc3cc(Nc4cc5ccccc5[nH]4)cc(OC4CCC(N5CCOCC5)CC4)c3c21. The minimum absolute atomic E-state index is 0.179. The second-order valence-corrected chi connectivity index (χ2v) is 12.4. The second kappa shape index (κ2) is 10.5. The van der Waals surface area contributed by atoms with E-state index in [0.29, 0.717) is 12.5 Å². The molecular formula is C31H36N4O3S. The molecule has 1 saturated carbocycles. The number of morpholine rings is 1. The topological polar surface area (TPSA) is 92.6 Å². The average molecular weight is 545 g/mol. The summed E-state index contributed by atoms with van der Waals surface area (Å²) in [5, 5.41) is 5.97. The highest BCUT2D eigenvalue weighted by atomic mass is 32.1. The number of benzene rings is 2. The van der Waals surface area contributed by atoms with Crippen LogP contribution in [0, 0.1) is 0 Å². The Bertz CT molecular complexity index is 1460. The average Bonchev–Trinajstić information content (AvgIpc) is 3.63. The number of anilines is 2. The summed E-state index contributed by atoms with van der Waals surface area (Å²) in [6, 6.07) is 15.5. The van der Waals surface area contributed by atoms with Crippen LogP contribution in [0.25, 0.3) is 21.0 Å². The number of amides is 1. The van der Waals surface area contributed by atoms with Crippen molar-refractivity contribution in [2.45, 2.75) is 63.0 Å². The quantitative estimate of drug-likeness (QED) is 0.263. The van der Waals surface area contributed by atoms with Crippen molar-refractivity contribution in [1.82, 2.24) is 9.88 Å². The summed E-state index contributed by atoms with van der Waals surface area (Å²) < 4.78 is 13.7. The molecule has 0 spiro atoms. The highest BCUT2D eigenvalue weighted by molar-refractivity contribution is 7.19. The van der Waals surface area contributed by atoms with Crippen LogP contribution in [0.15, 0.2) is 42.5 Å². The summed E-state index contributed by atoms with van der Waals surface area (Å²) in [7, 11) is 0. The molecule has 1 amide bonds. The summed E-state index contributed by atoms with van der Waals surface area (Å²) in [6.07, 6.45) is 7.01. The molecule has 7 rings (SSSR count). The van der Waals surface area contributed by atoms with Crippen molar-refractivity contribution in [2.75, 3.05) is 31.6 Å². The van der Waals surface area contributed by atoms with Gasteiger partial charge in [0, 0.05) is 63.2 Å². The summed E-state index contributed by atoms with van der Waals surface area (Å²) in [5.74, 6) is 1.85. The number of nitrogens with two attached hydrogens (primary N) is 1. The highest BCUT2D eigenvalue weighted by Crippen LogP contribution is 2.50. The number of H-pyrrole nitrogens is 1. The van der Waals surface area contributed by atoms with E-state index in [1.807, 2.05) is 17.4 Å². The number of carbonyl (C=O) groups is 1. The molecule has 1 saturated heterocycles. The standard InChI is InChI=1S/C31H36N4O3S/c32-28(36)15-20-5-10-26-30(20)31-25(38-23-8-6-22(7-9-23)35-11-13-37-14-12-35)17-21(18-27(31)39-26)33-29-16-19-3-1-2-4-24(19)34-29/h1-4,16-18,20,22-23,33-34H,5-15H2,(H2,32,36)/t20-,22?,23?/m1/s1. The van der Waals surface area contributed by atoms with Gasteiger partial charge >= 0.3 is 0 Å². The monoisotopic (exact) mass is 544 g/mol. The van der Waals surface area contributed by atoms with E-state index in [1.54, 1.807) is 0 Å².